The molecule has 9 heavy (non-hydrogen) atoms. The molecule has 5 N–H and O–H groups in total. The van der Waals surface area contributed by atoms with Crippen molar-refractivity contribution in [2.75, 3.05) is 0 Å². The number of nitrogens with one attached hydrogen (secondary N) is 1. The van der Waals surface area contributed by atoms with Crippen molar-refractivity contribution in [2.45, 2.75) is 13.1 Å². The maximum atomic E-state index is 5.50. The molecular formula is C6H11N3. The molecule has 0 saturated heterocycles. The first-order valence-electron chi connectivity index (χ1n) is 2.85. The van der Waals surface area contributed by atoms with E-state index in [1.54, 1.807) is 0 Å². The average Bonchev–Trinajstić information content (AvgIpc) is 1.80. The summed E-state index contributed by atoms with van der Waals surface area (Å²) in [5.41, 5.74) is 12.8. The topological polar surface area (TPSA) is 64.1 Å². The van der Waals surface area contributed by atoms with Gasteiger partial charge in [-0.25, -0.2) is 0 Å². The molecule has 0 bridgehead atoms. The number of dihydropyridines is 1. The van der Waals surface area contributed by atoms with Gasteiger partial charge < -0.3 is 16.8 Å². The van der Waals surface area contributed by atoms with Crippen molar-refractivity contribution < 1.29 is 0 Å². The van der Waals surface area contributed by atoms with Gasteiger partial charge in [-0.3, -0.25) is 0 Å². The lowest BCUT2D eigenvalue weighted by Gasteiger charge is -2.17. The molecule has 0 aromatic carbocycles. The van der Waals surface area contributed by atoms with Crippen molar-refractivity contribution in [2.24, 2.45) is 11.5 Å². The Morgan fingerprint density at radius 1 is 1.67 bits per heavy atom. The van der Waals surface area contributed by atoms with Gasteiger partial charge in [-0.1, -0.05) is 0 Å². The zero-order chi connectivity index (χ0) is 6.85. The van der Waals surface area contributed by atoms with E-state index >= 15 is 0 Å². The standard InChI is InChI=1S/C6H11N3/c1-4-2-5(7)6(8)9-3-4/h2-3,6,9H,7-8H2,1H3. The fraction of sp³-hybridized carbons (Fsp3) is 0.333. The number of rotatable bonds is 0. The van der Waals surface area contributed by atoms with Crippen LogP contribution in [0.25, 0.3) is 0 Å². The molecule has 1 atom stereocenters. The van der Waals surface area contributed by atoms with Crippen LogP contribution in [0.4, 0.5) is 0 Å². The lowest BCUT2D eigenvalue weighted by molar-refractivity contribution is 0.673. The van der Waals surface area contributed by atoms with Crippen LogP contribution >= 0.6 is 0 Å². The molecule has 0 fully saturated rings. The molecule has 1 heterocycles. The predicted octanol–water partition coefficient (Wildman–Crippen LogP) is -0.379. The van der Waals surface area contributed by atoms with E-state index in [0.717, 1.165) is 5.57 Å². The van der Waals surface area contributed by atoms with Crippen molar-refractivity contribution in [1.82, 2.24) is 5.32 Å². The Labute approximate surface area is 54.4 Å². The summed E-state index contributed by atoms with van der Waals surface area (Å²) in [5.74, 6) is 0. The van der Waals surface area contributed by atoms with Gasteiger partial charge in [0.1, 0.15) is 6.17 Å². The van der Waals surface area contributed by atoms with Crippen molar-refractivity contribution in [3.63, 3.8) is 0 Å². The Balaban J connectivity index is 2.74. The molecule has 0 aliphatic carbocycles. The van der Waals surface area contributed by atoms with Crippen LogP contribution in [0.3, 0.4) is 0 Å². The van der Waals surface area contributed by atoms with Crippen LogP contribution < -0.4 is 16.8 Å². The average molecular weight is 125 g/mol. The van der Waals surface area contributed by atoms with E-state index < -0.39 is 0 Å². The van der Waals surface area contributed by atoms with Crippen LogP contribution in [0.15, 0.2) is 23.5 Å². The maximum Gasteiger partial charge on any atom is 0.115 e. The summed E-state index contributed by atoms with van der Waals surface area (Å²) in [6.45, 7) is 1.96. The zero-order valence-corrected chi connectivity index (χ0v) is 5.39. The van der Waals surface area contributed by atoms with Gasteiger partial charge in [0.05, 0.1) is 0 Å². The third-order valence-electron chi connectivity index (χ3n) is 1.24. The van der Waals surface area contributed by atoms with Crippen LogP contribution in [0.2, 0.25) is 0 Å². The van der Waals surface area contributed by atoms with Gasteiger partial charge in [-0.05, 0) is 18.6 Å². The van der Waals surface area contributed by atoms with E-state index in [1.165, 1.54) is 0 Å². The molecule has 3 nitrogen and oxygen atoms in total. The monoisotopic (exact) mass is 125 g/mol. The van der Waals surface area contributed by atoms with Gasteiger partial charge in [0, 0.05) is 11.9 Å². The predicted molar refractivity (Wildman–Crippen MR) is 37.1 cm³/mol. The summed E-state index contributed by atoms with van der Waals surface area (Å²) in [4.78, 5) is 0. The lowest BCUT2D eigenvalue weighted by Crippen LogP contribution is -2.40. The molecule has 50 valence electrons. The highest BCUT2D eigenvalue weighted by Crippen LogP contribution is 2.02. The van der Waals surface area contributed by atoms with Crippen LogP contribution in [0, 0.1) is 0 Å². The van der Waals surface area contributed by atoms with Crippen LogP contribution in [0.1, 0.15) is 6.92 Å². The van der Waals surface area contributed by atoms with Gasteiger partial charge in [0.15, 0.2) is 0 Å². The van der Waals surface area contributed by atoms with E-state index in [0.29, 0.717) is 5.70 Å². The molecule has 0 spiro atoms. The number of allylic oxidation sites excluding steroid dienone is 2. The third kappa shape index (κ3) is 1.23. The Hall–Kier alpha value is -0.960. The van der Waals surface area contributed by atoms with Crippen LogP contribution in [-0.2, 0) is 0 Å². The molecular weight excluding hydrogens is 114 g/mol. The Morgan fingerprint density at radius 2 is 2.33 bits per heavy atom. The SMILES string of the molecule is CC1=CNC(N)C(N)=C1. The third-order valence-corrected chi connectivity index (χ3v) is 1.24. The second-order valence-corrected chi connectivity index (χ2v) is 2.18. The molecule has 0 aromatic rings. The van der Waals surface area contributed by atoms with E-state index in [-0.39, 0.29) is 6.17 Å². The summed E-state index contributed by atoms with van der Waals surface area (Å²) >= 11 is 0. The van der Waals surface area contributed by atoms with E-state index in [4.69, 9.17) is 11.5 Å². The molecule has 0 saturated carbocycles. The first-order chi connectivity index (χ1) is 4.20. The fourth-order valence-corrected chi connectivity index (χ4v) is 0.712. The molecule has 0 amide bonds. The molecule has 1 rings (SSSR count). The quantitative estimate of drug-likeness (QED) is 0.413. The largest absolute Gasteiger partial charge is 0.399 e. The highest BCUT2D eigenvalue weighted by atomic mass is 15.0. The highest BCUT2D eigenvalue weighted by Gasteiger charge is 2.05. The van der Waals surface area contributed by atoms with Crippen molar-refractivity contribution in [3.05, 3.63) is 23.5 Å². The Bertz CT molecular complexity index is 169. The van der Waals surface area contributed by atoms with E-state index in [9.17, 15) is 0 Å². The van der Waals surface area contributed by atoms with E-state index in [1.807, 2.05) is 19.2 Å². The minimum Gasteiger partial charge on any atom is -0.399 e. The summed E-state index contributed by atoms with van der Waals surface area (Å²) in [7, 11) is 0. The Morgan fingerprint density at radius 3 is 2.78 bits per heavy atom. The first-order valence-corrected chi connectivity index (χ1v) is 2.85. The van der Waals surface area contributed by atoms with Gasteiger partial charge in [0.25, 0.3) is 0 Å². The minimum atomic E-state index is -0.200. The second-order valence-electron chi connectivity index (χ2n) is 2.18. The molecule has 1 aliphatic heterocycles. The number of nitrogens with two attached hydrogens (primary N) is 2. The smallest absolute Gasteiger partial charge is 0.115 e. The summed E-state index contributed by atoms with van der Waals surface area (Å²) in [5, 5.41) is 2.90. The Kier molecular flexibility index (Phi) is 1.44. The molecule has 3 heteroatoms. The summed E-state index contributed by atoms with van der Waals surface area (Å²) < 4.78 is 0. The van der Waals surface area contributed by atoms with Crippen molar-refractivity contribution >= 4 is 0 Å². The minimum absolute atomic E-state index is 0.200. The number of hydrogen-bond donors (Lipinski definition) is 3. The molecule has 1 unspecified atom stereocenters. The normalized spacial score (nSPS) is 26.2. The van der Waals surface area contributed by atoms with Crippen LogP contribution in [-0.4, -0.2) is 6.17 Å². The van der Waals surface area contributed by atoms with Crippen molar-refractivity contribution in [1.29, 1.82) is 0 Å². The highest BCUT2D eigenvalue weighted by molar-refractivity contribution is 5.26. The maximum absolute atomic E-state index is 5.50. The second kappa shape index (κ2) is 2.11. The number of hydrogen-bond acceptors (Lipinski definition) is 3. The summed E-state index contributed by atoms with van der Waals surface area (Å²) in [6, 6.07) is 0. The van der Waals surface area contributed by atoms with Crippen molar-refractivity contribution in [3.8, 4) is 0 Å². The van der Waals surface area contributed by atoms with Crippen LogP contribution in [0.5, 0.6) is 0 Å². The fourth-order valence-electron chi connectivity index (χ4n) is 0.712. The summed E-state index contributed by atoms with van der Waals surface area (Å²) in [6.07, 6.45) is 3.51. The van der Waals surface area contributed by atoms with Gasteiger partial charge >= 0.3 is 0 Å². The zero-order valence-electron chi connectivity index (χ0n) is 5.39. The molecule has 1 aliphatic rings. The van der Waals surface area contributed by atoms with E-state index in [2.05, 4.69) is 5.32 Å². The van der Waals surface area contributed by atoms with Gasteiger partial charge in [0.2, 0.25) is 0 Å². The molecule has 0 radical (unpaired) electrons. The first kappa shape index (κ1) is 6.16. The van der Waals surface area contributed by atoms with Gasteiger partial charge in [-0.2, -0.15) is 0 Å². The molecule has 0 aromatic heterocycles. The van der Waals surface area contributed by atoms with Gasteiger partial charge in [-0.15, -0.1) is 0 Å². The lowest BCUT2D eigenvalue weighted by atomic mass is 10.2.